The summed E-state index contributed by atoms with van der Waals surface area (Å²) in [7, 11) is 1.77. The van der Waals surface area contributed by atoms with Crippen molar-refractivity contribution in [3.05, 3.63) is 0 Å². The molecule has 2 rings (SSSR count). The topological polar surface area (TPSA) is 81.2 Å². The Morgan fingerprint density at radius 1 is 1.11 bits per heavy atom. The molecule has 1 aromatic heterocycles. The molecule has 2 N–H and O–H groups in total. The molecule has 1 fully saturated rings. The van der Waals surface area contributed by atoms with E-state index in [1.807, 2.05) is 13.8 Å². The summed E-state index contributed by atoms with van der Waals surface area (Å²) in [4.78, 5) is 12.6. The van der Waals surface area contributed by atoms with Gasteiger partial charge in [-0.2, -0.15) is 15.0 Å². The minimum Gasteiger partial charge on any atom is -0.464 e. The monoisotopic (exact) mass is 267 g/mol. The molecule has 1 aliphatic rings. The van der Waals surface area contributed by atoms with Crippen LogP contribution in [0.1, 0.15) is 26.7 Å². The molecule has 0 radical (unpaired) electrons. The molecule has 0 spiro atoms. The molecule has 0 amide bonds. The van der Waals surface area contributed by atoms with Crippen LogP contribution in [0.2, 0.25) is 0 Å². The Hall–Kier alpha value is -1.63. The van der Waals surface area contributed by atoms with Gasteiger partial charge in [-0.1, -0.05) is 0 Å². The van der Waals surface area contributed by atoms with Crippen molar-refractivity contribution in [1.82, 2.24) is 15.0 Å². The van der Waals surface area contributed by atoms with Crippen LogP contribution < -0.4 is 15.4 Å². The van der Waals surface area contributed by atoms with Crippen LogP contribution in [-0.2, 0) is 4.74 Å². The van der Waals surface area contributed by atoms with Gasteiger partial charge in [-0.05, 0) is 26.7 Å². The van der Waals surface area contributed by atoms with E-state index >= 15 is 0 Å². The Labute approximate surface area is 113 Å². The van der Waals surface area contributed by atoms with E-state index in [-0.39, 0.29) is 0 Å². The van der Waals surface area contributed by atoms with Gasteiger partial charge in [-0.25, -0.2) is 0 Å². The van der Waals surface area contributed by atoms with Gasteiger partial charge < -0.3 is 20.1 Å². The largest absolute Gasteiger partial charge is 0.464 e. The number of anilines is 2. The van der Waals surface area contributed by atoms with E-state index in [1.54, 1.807) is 7.05 Å². The fourth-order valence-corrected chi connectivity index (χ4v) is 1.96. The minimum absolute atomic E-state index is 0.338. The van der Waals surface area contributed by atoms with Crippen LogP contribution >= 0.6 is 0 Å². The van der Waals surface area contributed by atoms with E-state index in [9.17, 15) is 0 Å². The molecule has 0 unspecified atom stereocenters. The highest BCUT2D eigenvalue weighted by molar-refractivity contribution is 5.36. The summed E-state index contributed by atoms with van der Waals surface area (Å²) in [5, 5.41) is 6.18. The van der Waals surface area contributed by atoms with Gasteiger partial charge in [0.15, 0.2) is 0 Å². The van der Waals surface area contributed by atoms with Crippen LogP contribution in [0.5, 0.6) is 6.01 Å². The molecule has 1 saturated carbocycles. The molecule has 19 heavy (non-hydrogen) atoms. The standard InChI is InChI=1S/C12H21N5O2/c1-4-18-9-6-8(7-9)14-11-15-10(13-3)16-12(17-11)19-5-2/h8-9H,4-7H2,1-3H3,(H2,13,14,15,16,17). The van der Waals surface area contributed by atoms with Gasteiger partial charge in [0.1, 0.15) is 0 Å². The Balaban J connectivity index is 1.94. The highest BCUT2D eigenvalue weighted by Crippen LogP contribution is 2.26. The smallest absolute Gasteiger partial charge is 0.323 e. The average molecular weight is 267 g/mol. The third kappa shape index (κ3) is 3.66. The van der Waals surface area contributed by atoms with E-state index in [4.69, 9.17) is 9.47 Å². The fraction of sp³-hybridized carbons (Fsp3) is 0.750. The first kappa shape index (κ1) is 13.8. The van der Waals surface area contributed by atoms with Crippen molar-refractivity contribution in [3.63, 3.8) is 0 Å². The number of ether oxygens (including phenoxy) is 2. The summed E-state index contributed by atoms with van der Waals surface area (Å²) in [6.45, 7) is 5.21. The van der Waals surface area contributed by atoms with Gasteiger partial charge in [0.05, 0.1) is 12.7 Å². The molecule has 0 aliphatic heterocycles. The van der Waals surface area contributed by atoms with E-state index in [0.29, 0.717) is 36.7 Å². The second-order valence-corrected chi connectivity index (χ2v) is 4.34. The first-order valence-corrected chi connectivity index (χ1v) is 6.69. The third-order valence-corrected chi connectivity index (χ3v) is 2.94. The molecule has 1 heterocycles. The summed E-state index contributed by atoms with van der Waals surface area (Å²) in [5.74, 6) is 1.05. The summed E-state index contributed by atoms with van der Waals surface area (Å²) in [5.41, 5.74) is 0. The maximum atomic E-state index is 5.52. The van der Waals surface area contributed by atoms with Gasteiger partial charge in [0.2, 0.25) is 11.9 Å². The predicted octanol–water partition coefficient (Wildman–Crippen LogP) is 1.29. The second kappa shape index (κ2) is 6.51. The molecule has 1 aliphatic carbocycles. The Morgan fingerprint density at radius 3 is 2.47 bits per heavy atom. The summed E-state index contributed by atoms with van der Waals surface area (Å²) in [6.07, 6.45) is 2.33. The van der Waals surface area contributed by atoms with Crippen LogP contribution in [0.25, 0.3) is 0 Å². The lowest BCUT2D eigenvalue weighted by molar-refractivity contribution is 0.00284. The lowest BCUT2D eigenvalue weighted by Gasteiger charge is -2.35. The lowest BCUT2D eigenvalue weighted by atomic mass is 9.89. The Kier molecular flexibility index (Phi) is 4.73. The lowest BCUT2D eigenvalue weighted by Crippen LogP contribution is -2.41. The first-order chi connectivity index (χ1) is 9.25. The van der Waals surface area contributed by atoms with Crippen molar-refractivity contribution in [2.24, 2.45) is 0 Å². The average Bonchev–Trinajstić information content (AvgIpc) is 2.36. The molecule has 0 bridgehead atoms. The van der Waals surface area contributed by atoms with Crippen molar-refractivity contribution in [2.75, 3.05) is 30.9 Å². The van der Waals surface area contributed by atoms with E-state index < -0.39 is 0 Å². The summed E-state index contributed by atoms with van der Waals surface area (Å²) >= 11 is 0. The molecule has 0 atom stereocenters. The predicted molar refractivity (Wildman–Crippen MR) is 72.6 cm³/mol. The van der Waals surface area contributed by atoms with Crippen molar-refractivity contribution in [1.29, 1.82) is 0 Å². The second-order valence-electron chi connectivity index (χ2n) is 4.34. The Bertz CT molecular complexity index is 409. The van der Waals surface area contributed by atoms with E-state index in [1.165, 1.54) is 0 Å². The zero-order valence-electron chi connectivity index (χ0n) is 11.6. The van der Waals surface area contributed by atoms with Gasteiger partial charge in [-0.3, -0.25) is 0 Å². The van der Waals surface area contributed by atoms with Crippen LogP contribution in [0, 0.1) is 0 Å². The van der Waals surface area contributed by atoms with Gasteiger partial charge in [-0.15, -0.1) is 0 Å². The van der Waals surface area contributed by atoms with Crippen molar-refractivity contribution < 1.29 is 9.47 Å². The van der Waals surface area contributed by atoms with Crippen LogP contribution in [0.4, 0.5) is 11.9 Å². The van der Waals surface area contributed by atoms with Crippen molar-refractivity contribution >= 4 is 11.9 Å². The van der Waals surface area contributed by atoms with Crippen LogP contribution in [-0.4, -0.2) is 47.4 Å². The minimum atomic E-state index is 0.338. The molecule has 106 valence electrons. The molecule has 7 heteroatoms. The number of aromatic nitrogens is 3. The highest BCUT2D eigenvalue weighted by Gasteiger charge is 2.30. The first-order valence-electron chi connectivity index (χ1n) is 6.69. The van der Waals surface area contributed by atoms with Crippen LogP contribution in [0.3, 0.4) is 0 Å². The number of rotatable bonds is 7. The van der Waals surface area contributed by atoms with Crippen molar-refractivity contribution in [3.8, 4) is 6.01 Å². The number of nitrogens with zero attached hydrogens (tertiary/aromatic N) is 3. The highest BCUT2D eigenvalue weighted by atomic mass is 16.5. The maximum Gasteiger partial charge on any atom is 0.323 e. The molecular weight excluding hydrogens is 246 g/mol. The molecular formula is C12H21N5O2. The number of hydrogen-bond donors (Lipinski definition) is 2. The van der Waals surface area contributed by atoms with E-state index in [2.05, 4.69) is 25.6 Å². The molecule has 0 saturated heterocycles. The normalized spacial score (nSPS) is 21.6. The molecule has 7 nitrogen and oxygen atoms in total. The van der Waals surface area contributed by atoms with Gasteiger partial charge in [0.25, 0.3) is 0 Å². The fourth-order valence-electron chi connectivity index (χ4n) is 1.96. The van der Waals surface area contributed by atoms with E-state index in [0.717, 1.165) is 19.4 Å². The van der Waals surface area contributed by atoms with Crippen molar-refractivity contribution in [2.45, 2.75) is 38.8 Å². The molecule has 0 aromatic carbocycles. The number of nitrogens with one attached hydrogen (secondary N) is 2. The maximum absolute atomic E-state index is 5.52. The zero-order chi connectivity index (χ0) is 13.7. The van der Waals surface area contributed by atoms with Crippen LogP contribution in [0.15, 0.2) is 0 Å². The van der Waals surface area contributed by atoms with Gasteiger partial charge in [0, 0.05) is 19.7 Å². The summed E-state index contributed by atoms with van der Waals surface area (Å²) in [6, 6.07) is 0.697. The zero-order valence-corrected chi connectivity index (χ0v) is 11.6. The quantitative estimate of drug-likeness (QED) is 0.770. The Morgan fingerprint density at radius 2 is 1.84 bits per heavy atom. The molecule has 1 aromatic rings. The third-order valence-electron chi connectivity index (χ3n) is 2.94. The number of hydrogen-bond acceptors (Lipinski definition) is 7. The van der Waals surface area contributed by atoms with Gasteiger partial charge >= 0.3 is 6.01 Å². The summed E-state index contributed by atoms with van der Waals surface area (Å²) < 4.78 is 10.8. The SMILES string of the molecule is CCOc1nc(NC)nc(NC2CC(OCC)C2)n1.